The standard InChI is InChI=1S/C21H29N3O3/c1-7-24(21-22-11-16(12-23-21)20(25)26-6)17-8-9-19(27-13-14(2)3)18(10-17)15(4)5/h8-12,14-15H,7,13H2,1-6H3. The molecule has 0 fully saturated rings. The molecule has 1 heterocycles. The van der Waals surface area contributed by atoms with Gasteiger partial charge in [0.05, 0.1) is 19.3 Å². The Balaban J connectivity index is 2.33. The molecule has 0 aliphatic carbocycles. The summed E-state index contributed by atoms with van der Waals surface area (Å²) in [6.07, 6.45) is 2.97. The summed E-state index contributed by atoms with van der Waals surface area (Å²) in [5.41, 5.74) is 2.47. The van der Waals surface area contributed by atoms with Gasteiger partial charge in [-0.05, 0) is 42.5 Å². The molecule has 0 N–H and O–H groups in total. The zero-order valence-electron chi connectivity index (χ0n) is 17.0. The molecular weight excluding hydrogens is 342 g/mol. The van der Waals surface area contributed by atoms with E-state index in [-0.39, 0.29) is 0 Å². The molecule has 0 spiro atoms. The Morgan fingerprint density at radius 2 is 1.81 bits per heavy atom. The van der Waals surface area contributed by atoms with Crippen molar-refractivity contribution in [1.29, 1.82) is 0 Å². The second kappa shape index (κ2) is 9.35. The predicted octanol–water partition coefficient (Wildman–Crippen LogP) is 4.58. The van der Waals surface area contributed by atoms with Gasteiger partial charge in [-0.3, -0.25) is 0 Å². The van der Waals surface area contributed by atoms with Crippen LogP contribution < -0.4 is 9.64 Å². The maximum absolute atomic E-state index is 11.6. The monoisotopic (exact) mass is 371 g/mol. The summed E-state index contributed by atoms with van der Waals surface area (Å²) in [5, 5.41) is 0. The van der Waals surface area contributed by atoms with E-state index < -0.39 is 5.97 Å². The zero-order valence-corrected chi connectivity index (χ0v) is 17.0. The predicted molar refractivity (Wildman–Crippen MR) is 107 cm³/mol. The number of aromatic nitrogens is 2. The fourth-order valence-electron chi connectivity index (χ4n) is 2.67. The first kappa shape index (κ1) is 20.7. The maximum Gasteiger partial charge on any atom is 0.341 e. The number of anilines is 2. The molecule has 2 aromatic rings. The van der Waals surface area contributed by atoms with Gasteiger partial charge in [0, 0.05) is 24.6 Å². The molecule has 146 valence electrons. The van der Waals surface area contributed by atoms with Crippen molar-refractivity contribution in [3.63, 3.8) is 0 Å². The Morgan fingerprint density at radius 3 is 2.33 bits per heavy atom. The molecule has 27 heavy (non-hydrogen) atoms. The number of esters is 1. The lowest BCUT2D eigenvalue weighted by Crippen LogP contribution is -2.19. The van der Waals surface area contributed by atoms with E-state index >= 15 is 0 Å². The SMILES string of the molecule is CCN(c1ccc(OCC(C)C)c(C(C)C)c1)c1ncc(C(=O)OC)cn1. The Morgan fingerprint density at radius 1 is 1.15 bits per heavy atom. The number of carbonyl (C=O) groups is 1. The van der Waals surface area contributed by atoms with Crippen LogP contribution in [0.25, 0.3) is 0 Å². The number of methoxy groups -OCH3 is 1. The van der Waals surface area contributed by atoms with E-state index in [9.17, 15) is 4.79 Å². The van der Waals surface area contributed by atoms with Crippen molar-refractivity contribution < 1.29 is 14.3 Å². The van der Waals surface area contributed by atoms with E-state index in [1.165, 1.54) is 19.5 Å². The van der Waals surface area contributed by atoms with Crippen LogP contribution in [0, 0.1) is 5.92 Å². The summed E-state index contributed by atoms with van der Waals surface area (Å²) in [6, 6.07) is 6.16. The minimum absolute atomic E-state index is 0.327. The fraction of sp³-hybridized carbons (Fsp3) is 0.476. The quantitative estimate of drug-likeness (QED) is 0.633. The molecule has 6 heteroatoms. The van der Waals surface area contributed by atoms with E-state index in [2.05, 4.69) is 43.7 Å². The van der Waals surface area contributed by atoms with Crippen molar-refractivity contribution >= 4 is 17.6 Å². The van der Waals surface area contributed by atoms with Gasteiger partial charge in [-0.15, -0.1) is 0 Å². The van der Waals surface area contributed by atoms with E-state index in [1.807, 2.05) is 24.0 Å². The summed E-state index contributed by atoms with van der Waals surface area (Å²) in [6.45, 7) is 12.0. The molecule has 2 rings (SSSR count). The van der Waals surface area contributed by atoms with E-state index in [4.69, 9.17) is 9.47 Å². The fourth-order valence-corrected chi connectivity index (χ4v) is 2.67. The maximum atomic E-state index is 11.6. The van der Waals surface area contributed by atoms with Crippen LogP contribution >= 0.6 is 0 Å². The third-order valence-corrected chi connectivity index (χ3v) is 4.12. The second-order valence-electron chi connectivity index (χ2n) is 7.09. The molecule has 0 saturated heterocycles. The molecule has 1 aromatic heterocycles. The number of rotatable bonds is 8. The van der Waals surface area contributed by atoms with Crippen LogP contribution in [0.4, 0.5) is 11.6 Å². The highest BCUT2D eigenvalue weighted by Gasteiger charge is 2.16. The van der Waals surface area contributed by atoms with E-state index in [0.29, 0.717) is 36.5 Å². The average molecular weight is 371 g/mol. The Kier molecular flexibility index (Phi) is 7.16. The summed E-state index contributed by atoms with van der Waals surface area (Å²) >= 11 is 0. The number of benzene rings is 1. The molecule has 0 atom stereocenters. The number of carbonyl (C=O) groups excluding carboxylic acids is 1. The van der Waals surface area contributed by atoms with Crippen molar-refractivity contribution in [1.82, 2.24) is 9.97 Å². The lowest BCUT2D eigenvalue weighted by molar-refractivity contribution is 0.0600. The molecule has 0 bridgehead atoms. The normalized spacial score (nSPS) is 11.0. The van der Waals surface area contributed by atoms with Crippen LogP contribution in [0.5, 0.6) is 5.75 Å². The van der Waals surface area contributed by atoms with Crippen molar-refractivity contribution in [2.75, 3.05) is 25.2 Å². The Labute approximate surface area is 161 Å². The molecule has 0 aliphatic heterocycles. The van der Waals surface area contributed by atoms with Gasteiger partial charge in [0.1, 0.15) is 5.75 Å². The Bertz CT molecular complexity index is 758. The van der Waals surface area contributed by atoms with Crippen LogP contribution in [0.3, 0.4) is 0 Å². The Hall–Kier alpha value is -2.63. The molecule has 0 saturated carbocycles. The number of hydrogen-bond acceptors (Lipinski definition) is 6. The van der Waals surface area contributed by atoms with Gasteiger partial charge >= 0.3 is 5.97 Å². The second-order valence-corrected chi connectivity index (χ2v) is 7.09. The van der Waals surface area contributed by atoms with Crippen molar-refractivity contribution in [2.24, 2.45) is 5.92 Å². The number of nitrogens with zero attached hydrogens (tertiary/aromatic N) is 3. The smallest absolute Gasteiger partial charge is 0.341 e. The first-order valence-electron chi connectivity index (χ1n) is 9.32. The van der Waals surface area contributed by atoms with Crippen molar-refractivity contribution in [3.05, 3.63) is 41.7 Å². The van der Waals surface area contributed by atoms with Crippen LogP contribution in [0.15, 0.2) is 30.6 Å². The highest BCUT2D eigenvalue weighted by Crippen LogP contribution is 2.33. The topological polar surface area (TPSA) is 64.5 Å². The first-order chi connectivity index (χ1) is 12.9. The molecule has 0 unspecified atom stereocenters. The molecule has 0 radical (unpaired) electrons. The lowest BCUT2D eigenvalue weighted by atomic mass is 10.0. The van der Waals surface area contributed by atoms with E-state index in [0.717, 1.165) is 17.0 Å². The summed E-state index contributed by atoms with van der Waals surface area (Å²) in [5.74, 6) is 1.81. The minimum Gasteiger partial charge on any atom is -0.493 e. The van der Waals surface area contributed by atoms with Crippen LogP contribution in [0.1, 0.15) is 56.5 Å². The average Bonchev–Trinajstić information content (AvgIpc) is 2.67. The minimum atomic E-state index is -0.446. The zero-order chi connectivity index (χ0) is 20.0. The first-order valence-corrected chi connectivity index (χ1v) is 9.32. The summed E-state index contributed by atoms with van der Waals surface area (Å²) in [7, 11) is 1.34. The van der Waals surface area contributed by atoms with Crippen LogP contribution in [-0.4, -0.2) is 36.2 Å². The van der Waals surface area contributed by atoms with Crippen LogP contribution in [0.2, 0.25) is 0 Å². The summed E-state index contributed by atoms with van der Waals surface area (Å²) in [4.78, 5) is 22.2. The van der Waals surface area contributed by atoms with Gasteiger partial charge in [-0.25, -0.2) is 14.8 Å². The van der Waals surface area contributed by atoms with Gasteiger partial charge in [-0.1, -0.05) is 27.7 Å². The van der Waals surface area contributed by atoms with Crippen molar-refractivity contribution in [3.8, 4) is 5.75 Å². The van der Waals surface area contributed by atoms with Gasteiger partial charge in [0.2, 0.25) is 5.95 Å². The molecule has 6 nitrogen and oxygen atoms in total. The van der Waals surface area contributed by atoms with E-state index in [1.54, 1.807) is 0 Å². The molecule has 0 aliphatic rings. The third-order valence-electron chi connectivity index (χ3n) is 4.12. The van der Waals surface area contributed by atoms with Gasteiger partial charge in [0.15, 0.2) is 0 Å². The molecule has 1 aromatic carbocycles. The summed E-state index contributed by atoms with van der Waals surface area (Å²) < 4.78 is 10.7. The van der Waals surface area contributed by atoms with Crippen molar-refractivity contribution in [2.45, 2.75) is 40.5 Å². The lowest BCUT2D eigenvalue weighted by Gasteiger charge is -2.23. The van der Waals surface area contributed by atoms with Gasteiger partial charge in [-0.2, -0.15) is 0 Å². The highest BCUT2D eigenvalue weighted by atomic mass is 16.5. The van der Waals surface area contributed by atoms with Crippen LogP contribution in [-0.2, 0) is 4.74 Å². The third kappa shape index (κ3) is 5.18. The number of hydrogen-bond donors (Lipinski definition) is 0. The molecule has 0 amide bonds. The van der Waals surface area contributed by atoms with Gasteiger partial charge < -0.3 is 14.4 Å². The molecular formula is C21H29N3O3. The number of ether oxygens (including phenoxy) is 2. The van der Waals surface area contributed by atoms with Gasteiger partial charge in [0.25, 0.3) is 0 Å². The highest BCUT2D eigenvalue weighted by molar-refractivity contribution is 5.88. The largest absolute Gasteiger partial charge is 0.493 e.